The molecule has 0 heterocycles. The predicted octanol–water partition coefficient (Wildman–Crippen LogP) is 10.6. The first-order valence-corrected chi connectivity index (χ1v) is 10.4. The van der Waals surface area contributed by atoms with E-state index in [0.29, 0.717) is 0 Å². The van der Waals surface area contributed by atoms with Crippen molar-refractivity contribution >= 4 is 0 Å². The highest BCUT2D eigenvalue weighted by atomic mass is 13.8. The topological polar surface area (TPSA) is 0 Å². The van der Waals surface area contributed by atoms with Gasteiger partial charge >= 0.3 is 0 Å². The van der Waals surface area contributed by atoms with E-state index in [2.05, 4.69) is 125 Å². The minimum atomic E-state index is 0. The molecule has 0 aromatic rings. The fourth-order valence-corrected chi connectivity index (χ4v) is 0. The average Bonchev–Trinajstić information content (AvgIpc) is 2.08. The van der Waals surface area contributed by atoms with Gasteiger partial charge in [0.25, 0.3) is 0 Å². The SMILES string of the molecule is C.CC(C)C.CC(C)C.CC(C)C.CC(C)C.CC(C)C.CC(C)C. The first-order chi connectivity index (χ1) is 10.4. The summed E-state index contributed by atoms with van der Waals surface area (Å²) in [4.78, 5) is 0. The molecule has 0 atom stereocenters. The summed E-state index contributed by atoms with van der Waals surface area (Å²) in [6, 6.07) is 0. The summed E-state index contributed by atoms with van der Waals surface area (Å²) in [5, 5.41) is 0. The molecule has 0 unspecified atom stereocenters. The lowest BCUT2D eigenvalue weighted by molar-refractivity contribution is 0.736. The zero-order valence-corrected chi connectivity index (χ0v) is 21.5. The summed E-state index contributed by atoms with van der Waals surface area (Å²) in [5.41, 5.74) is 0. The lowest BCUT2D eigenvalue weighted by Crippen LogP contribution is -1.66. The van der Waals surface area contributed by atoms with E-state index in [-0.39, 0.29) is 7.43 Å². The predicted molar refractivity (Wildman–Crippen MR) is 130 cm³/mol. The molecule has 0 fully saturated rings. The van der Waals surface area contributed by atoms with Crippen molar-refractivity contribution in [3.05, 3.63) is 0 Å². The van der Waals surface area contributed by atoms with Gasteiger partial charge in [0.05, 0.1) is 0 Å². The molecule has 0 aromatic heterocycles. The van der Waals surface area contributed by atoms with Crippen molar-refractivity contribution in [3.63, 3.8) is 0 Å². The van der Waals surface area contributed by atoms with Gasteiger partial charge in [0.1, 0.15) is 0 Å². The molecule has 0 aliphatic heterocycles. The van der Waals surface area contributed by atoms with Gasteiger partial charge in [-0.15, -0.1) is 0 Å². The molecule has 0 spiro atoms. The molecule has 0 amide bonds. The van der Waals surface area contributed by atoms with Crippen LogP contribution in [0.15, 0.2) is 0 Å². The van der Waals surface area contributed by atoms with Crippen molar-refractivity contribution in [2.75, 3.05) is 0 Å². The summed E-state index contributed by atoms with van der Waals surface area (Å²) >= 11 is 0. The van der Waals surface area contributed by atoms with Crippen LogP contribution < -0.4 is 0 Å². The normalized spacial score (nSPS) is 8.64. The molecular formula is C25H64. The van der Waals surface area contributed by atoms with E-state index in [1.54, 1.807) is 0 Å². The molecule has 0 rings (SSSR count). The van der Waals surface area contributed by atoms with Crippen LogP contribution in [0.1, 0.15) is 132 Å². The van der Waals surface area contributed by atoms with E-state index in [1.807, 2.05) is 0 Å². The van der Waals surface area contributed by atoms with Crippen LogP contribution in [0.25, 0.3) is 0 Å². The molecule has 0 saturated carbocycles. The van der Waals surface area contributed by atoms with Crippen molar-refractivity contribution in [3.8, 4) is 0 Å². The van der Waals surface area contributed by atoms with Gasteiger partial charge < -0.3 is 0 Å². The maximum atomic E-state index is 2.17. The third-order valence-corrected chi connectivity index (χ3v) is 0. The minimum Gasteiger partial charge on any atom is -0.0776 e. The van der Waals surface area contributed by atoms with Crippen LogP contribution in [-0.4, -0.2) is 0 Å². The Morgan fingerprint density at radius 3 is 0.200 bits per heavy atom. The molecule has 0 radical (unpaired) electrons. The summed E-state index contributed by atoms with van der Waals surface area (Å²) in [5.74, 6) is 5.00. The van der Waals surface area contributed by atoms with Gasteiger partial charge in [0, 0.05) is 0 Å². The Balaban J connectivity index is -0.0000000309. The molecule has 0 aliphatic rings. The Morgan fingerprint density at radius 2 is 0.200 bits per heavy atom. The van der Waals surface area contributed by atoms with Crippen molar-refractivity contribution in [1.82, 2.24) is 0 Å². The van der Waals surface area contributed by atoms with Gasteiger partial charge in [-0.2, -0.15) is 0 Å². The van der Waals surface area contributed by atoms with Crippen LogP contribution in [0, 0.1) is 35.5 Å². The Kier molecular flexibility index (Phi) is 69.7. The van der Waals surface area contributed by atoms with Crippen LogP contribution in [0.4, 0.5) is 0 Å². The van der Waals surface area contributed by atoms with Crippen molar-refractivity contribution in [1.29, 1.82) is 0 Å². The molecular weight excluding hydrogens is 300 g/mol. The first-order valence-electron chi connectivity index (χ1n) is 10.4. The van der Waals surface area contributed by atoms with Crippen LogP contribution in [0.3, 0.4) is 0 Å². The highest BCUT2D eigenvalue weighted by molar-refractivity contribution is 4.22. The second kappa shape index (κ2) is 39.2. The second-order valence-corrected chi connectivity index (χ2v) is 10.4. The highest BCUT2D eigenvalue weighted by Gasteiger charge is 1.70. The molecule has 0 saturated heterocycles. The molecule has 0 heteroatoms. The number of hydrogen-bond acceptors (Lipinski definition) is 0. The van der Waals surface area contributed by atoms with E-state index < -0.39 is 0 Å². The lowest BCUT2D eigenvalue weighted by Gasteiger charge is -1.79. The second-order valence-electron chi connectivity index (χ2n) is 10.4. The first kappa shape index (κ1) is 44.4. The number of rotatable bonds is 0. The van der Waals surface area contributed by atoms with Crippen LogP contribution in [0.5, 0.6) is 0 Å². The van der Waals surface area contributed by atoms with Crippen LogP contribution in [0.2, 0.25) is 0 Å². The monoisotopic (exact) mass is 365 g/mol. The third kappa shape index (κ3) is 0. The number of hydrogen-bond donors (Lipinski definition) is 0. The smallest absolute Gasteiger partial charge is 0.0500 e. The fourth-order valence-electron chi connectivity index (χ4n) is 0. The van der Waals surface area contributed by atoms with E-state index in [9.17, 15) is 0 Å². The molecule has 0 nitrogen and oxygen atoms in total. The zero-order chi connectivity index (χ0) is 21.5. The molecule has 0 bridgehead atoms. The largest absolute Gasteiger partial charge is 0.0776 e. The Morgan fingerprint density at radius 1 is 0.200 bits per heavy atom. The summed E-state index contributed by atoms with van der Waals surface area (Å²) in [7, 11) is 0. The zero-order valence-electron chi connectivity index (χ0n) is 21.5. The maximum Gasteiger partial charge on any atom is -0.0500 e. The van der Waals surface area contributed by atoms with Gasteiger partial charge in [-0.1, -0.05) is 132 Å². The quantitative estimate of drug-likeness (QED) is 0.401. The van der Waals surface area contributed by atoms with Crippen molar-refractivity contribution < 1.29 is 0 Å². The average molecular weight is 365 g/mol. The van der Waals surface area contributed by atoms with Gasteiger partial charge in [0.15, 0.2) is 0 Å². The van der Waals surface area contributed by atoms with Crippen LogP contribution >= 0.6 is 0 Å². The molecule has 0 aromatic carbocycles. The van der Waals surface area contributed by atoms with Crippen molar-refractivity contribution in [2.24, 2.45) is 35.5 Å². The fraction of sp³-hybridized carbons (Fsp3) is 1.00. The molecule has 0 N–H and O–H groups in total. The standard InChI is InChI=1S/6C4H10.CH4/c6*1-4(2)3;/h6*4H,1-3H3;1H4. The lowest BCUT2D eigenvalue weighted by atomic mass is 10.3. The third-order valence-electron chi connectivity index (χ3n) is 0. The Labute approximate surface area is 168 Å². The van der Waals surface area contributed by atoms with E-state index in [1.165, 1.54) is 0 Å². The van der Waals surface area contributed by atoms with Crippen LogP contribution in [-0.2, 0) is 0 Å². The maximum absolute atomic E-state index is 2.17. The molecule has 164 valence electrons. The summed E-state index contributed by atoms with van der Waals surface area (Å²) in [6.45, 7) is 39.0. The Hall–Kier alpha value is 0. The molecule has 0 aliphatic carbocycles. The summed E-state index contributed by atoms with van der Waals surface area (Å²) < 4.78 is 0. The van der Waals surface area contributed by atoms with Gasteiger partial charge in [-0.25, -0.2) is 0 Å². The Bertz CT molecular complexity index is 75.1. The van der Waals surface area contributed by atoms with E-state index in [4.69, 9.17) is 0 Å². The van der Waals surface area contributed by atoms with E-state index >= 15 is 0 Å². The molecule has 25 heavy (non-hydrogen) atoms. The summed E-state index contributed by atoms with van der Waals surface area (Å²) in [6.07, 6.45) is 0. The minimum absolute atomic E-state index is 0. The highest BCUT2D eigenvalue weighted by Crippen LogP contribution is 1.83. The van der Waals surface area contributed by atoms with Gasteiger partial charge in [0.2, 0.25) is 0 Å². The van der Waals surface area contributed by atoms with Gasteiger partial charge in [-0.05, 0) is 35.5 Å². The van der Waals surface area contributed by atoms with Crippen molar-refractivity contribution in [2.45, 2.75) is 132 Å². The van der Waals surface area contributed by atoms with Gasteiger partial charge in [-0.3, -0.25) is 0 Å². The van der Waals surface area contributed by atoms with E-state index in [0.717, 1.165) is 35.5 Å².